The number of nitrogens with one attached hydrogen (secondary N) is 1. The Balaban J connectivity index is 1.45. The summed E-state index contributed by atoms with van der Waals surface area (Å²) in [5.74, 6) is 0.0567. The minimum absolute atomic E-state index is 0.111. The Kier molecular flexibility index (Phi) is 5.87. The SMILES string of the molecule is CC(C)(C)OC(=O)N1CCC(C(=O)N2CCC(Nc3cccnc3)CC2)C1. The van der Waals surface area contributed by atoms with Crippen LogP contribution in [0.5, 0.6) is 0 Å². The molecule has 0 aliphatic carbocycles. The number of rotatable bonds is 3. The van der Waals surface area contributed by atoms with Crippen LogP contribution >= 0.6 is 0 Å². The van der Waals surface area contributed by atoms with Crippen LogP contribution in [-0.4, -0.2) is 64.6 Å². The molecule has 1 aromatic heterocycles. The molecule has 2 saturated heterocycles. The Morgan fingerprint density at radius 3 is 2.48 bits per heavy atom. The van der Waals surface area contributed by atoms with Gasteiger partial charge >= 0.3 is 6.09 Å². The van der Waals surface area contributed by atoms with Crippen molar-refractivity contribution in [3.05, 3.63) is 24.5 Å². The Morgan fingerprint density at radius 2 is 1.85 bits per heavy atom. The Labute approximate surface area is 161 Å². The van der Waals surface area contributed by atoms with Crippen LogP contribution in [0, 0.1) is 5.92 Å². The second-order valence-electron chi connectivity index (χ2n) is 8.40. The molecule has 2 fully saturated rings. The molecule has 0 spiro atoms. The van der Waals surface area contributed by atoms with Crippen LogP contribution in [-0.2, 0) is 9.53 Å². The van der Waals surface area contributed by atoms with Gasteiger partial charge in [0.15, 0.2) is 0 Å². The van der Waals surface area contributed by atoms with Crippen molar-refractivity contribution in [3.63, 3.8) is 0 Å². The minimum atomic E-state index is -0.512. The van der Waals surface area contributed by atoms with Gasteiger partial charge in [0.2, 0.25) is 5.91 Å². The molecular formula is C20H30N4O3. The van der Waals surface area contributed by atoms with Crippen LogP contribution in [0.3, 0.4) is 0 Å². The van der Waals surface area contributed by atoms with Gasteiger partial charge in [-0.2, -0.15) is 0 Å². The molecule has 3 rings (SSSR count). The lowest BCUT2D eigenvalue weighted by Gasteiger charge is -2.34. The molecule has 1 atom stereocenters. The first-order chi connectivity index (χ1) is 12.8. The number of ether oxygens (including phenoxy) is 1. The summed E-state index contributed by atoms with van der Waals surface area (Å²) in [4.78, 5) is 32.7. The molecule has 1 unspecified atom stereocenters. The maximum absolute atomic E-state index is 12.8. The average Bonchev–Trinajstić information content (AvgIpc) is 3.12. The Morgan fingerprint density at radius 1 is 1.15 bits per heavy atom. The van der Waals surface area contributed by atoms with Gasteiger partial charge in [-0.1, -0.05) is 0 Å². The van der Waals surface area contributed by atoms with Crippen LogP contribution in [0.4, 0.5) is 10.5 Å². The molecule has 2 aliphatic rings. The molecule has 148 valence electrons. The van der Waals surface area contributed by atoms with E-state index in [1.54, 1.807) is 11.1 Å². The van der Waals surface area contributed by atoms with E-state index in [4.69, 9.17) is 4.74 Å². The van der Waals surface area contributed by atoms with Crippen molar-refractivity contribution >= 4 is 17.7 Å². The molecule has 7 heteroatoms. The standard InChI is InChI=1S/C20H30N4O3/c1-20(2,3)27-19(26)24-10-6-15(14-24)18(25)23-11-7-16(8-12-23)22-17-5-4-9-21-13-17/h4-5,9,13,15-16,22H,6-8,10-12,14H2,1-3H3. The second kappa shape index (κ2) is 8.15. The number of anilines is 1. The lowest BCUT2D eigenvalue weighted by atomic mass is 10.0. The van der Waals surface area contributed by atoms with Gasteiger partial charge in [-0.15, -0.1) is 0 Å². The van der Waals surface area contributed by atoms with Gasteiger partial charge in [0.25, 0.3) is 0 Å². The summed E-state index contributed by atoms with van der Waals surface area (Å²) in [5, 5.41) is 3.48. The molecule has 0 aromatic carbocycles. The maximum atomic E-state index is 12.8. The van der Waals surface area contributed by atoms with E-state index in [1.807, 2.05) is 44.0 Å². The van der Waals surface area contributed by atoms with Gasteiger partial charge in [-0.3, -0.25) is 9.78 Å². The lowest BCUT2D eigenvalue weighted by molar-refractivity contribution is -0.136. The summed E-state index contributed by atoms with van der Waals surface area (Å²) in [6.07, 6.45) is 5.81. The highest BCUT2D eigenvalue weighted by Crippen LogP contribution is 2.24. The number of likely N-dealkylation sites (tertiary alicyclic amines) is 2. The van der Waals surface area contributed by atoms with Crippen LogP contribution < -0.4 is 5.32 Å². The van der Waals surface area contributed by atoms with Crippen molar-refractivity contribution in [1.82, 2.24) is 14.8 Å². The molecule has 1 N–H and O–H groups in total. The third-order valence-electron chi connectivity index (χ3n) is 5.03. The van der Waals surface area contributed by atoms with E-state index >= 15 is 0 Å². The van der Waals surface area contributed by atoms with Crippen LogP contribution in [0.25, 0.3) is 0 Å². The maximum Gasteiger partial charge on any atom is 0.410 e. The van der Waals surface area contributed by atoms with E-state index in [-0.39, 0.29) is 17.9 Å². The molecule has 0 bridgehead atoms. The monoisotopic (exact) mass is 374 g/mol. The van der Waals surface area contributed by atoms with E-state index in [2.05, 4.69) is 10.3 Å². The van der Waals surface area contributed by atoms with Gasteiger partial charge in [0, 0.05) is 44.6 Å². The Bertz CT molecular complexity index is 651. The number of carbonyl (C=O) groups is 2. The number of amides is 2. The third-order valence-corrected chi connectivity index (χ3v) is 5.03. The van der Waals surface area contributed by atoms with Gasteiger partial charge in [0.05, 0.1) is 11.6 Å². The molecule has 27 heavy (non-hydrogen) atoms. The molecule has 0 saturated carbocycles. The average molecular weight is 374 g/mol. The van der Waals surface area contributed by atoms with Crippen LogP contribution in [0.2, 0.25) is 0 Å². The first kappa shape index (κ1) is 19.5. The predicted octanol–water partition coefficient (Wildman–Crippen LogP) is 2.74. The normalized spacial score (nSPS) is 21.2. The van der Waals surface area contributed by atoms with E-state index in [9.17, 15) is 9.59 Å². The number of hydrogen-bond donors (Lipinski definition) is 1. The lowest BCUT2D eigenvalue weighted by Crippen LogP contribution is -2.45. The van der Waals surface area contributed by atoms with E-state index in [0.29, 0.717) is 25.6 Å². The van der Waals surface area contributed by atoms with Gasteiger partial charge in [-0.25, -0.2) is 4.79 Å². The highest BCUT2D eigenvalue weighted by Gasteiger charge is 2.36. The first-order valence-corrected chi connectivity index (χ1v) is 9.75. The quantitative estimate of drug-likeness (QED) is 0.880. The highest BCUT2D eigenvalue weighted by atomic mass is 16.6. The number of nitrogens with zero attached hydrogens (tertiary/aromatic N) is 3. The third kappa shape index (κ3) is 5.34. The molecule has 1 aromatic rings. The van der Waals surface area contributed by atoms with E-state index in [0.717, 1.165) is 31.6 Å². The fourth-order valence-corrected chi connectivity index (χ4v) is 3.64. The number of carbonyl (C=O) groups excluding carboxylic acids is 2. The number of aromatic nitrogens is 1. The van der Waals surface area contributed by atoms with Gasteiger partial charge in [-0.05, 0) is 52.2 Å². The van der Waals surface area contributed by atoms with Crippen LogP contribution in [0.15, 0.2) is 24.5 Å². The Hall–Kier alpha value is -2.31. The molecule has 3 heterocycles. The van der Waals surface area contributed by atoms with E-state index in [1.165, 1.54) is 0 Å². The largest absolute Gasteiger partial charge is 0.444 e. The fraction of sp³-hybridized carbons (Fsp3) is 0.650. The number of hydrogen-bond acceptors (Lipinski definition) is 5. The van der Waals surface area contributed by atoms with Crippen molar-refractivity contribution < 1.29 is 14.3 Å². The second-order valence-corrected chi connectivity index (χ2v) is 8.40. The van der Waals surface area contributed by atoms with Gasteiger partial charge < -0.3 is 19.9 Å². The van der Waals surface area contributed by atoms with Crippen molar-refractivity contribution in [2.45, 2.75) is 51.7 Å². The molecule has 2 aliphatic heterocycles. The number of pyridine rings is 1. The highest BCUT2D eigenvalue weighted by molar-refractivity contribution is 5.81. The van der Waals surface area contributed by atoms with E-state index < -0.39 is 5.60 Å². The zero-order valence-electron chi connectivity index (χ0n) is 16.5. The fourth-order valence-electron chi connectivity index (χ4n) is 3.64. The molecule has 0 radical (unpaired) electrons. The summed E-state index contributed by atoms with van der Waals surface area (Å²) < 4.78 is 5.41. The summed E-state index contributed by atoms with van der Waals surface area (Å²) >= 11 is 0. The summed E-state index contributed by atoms with van der Waals surface area (Å²) in [6.45, 7) is 8.11. The van der Waals surface area contributed by atoms with Crippen molar-refractivity contribution in [2.75, 3.05) is 31.5 Å². The smallest absolute Gasteiger partial charge is 0.410 e. The summed E-state index contributed by atoms with van der Waals surface area (Å²) in [7, 11) is 0. The van der Waals surface area contributed by atoms with Crippen molar-refractivity contribution in [1.29, 1.82) is 0 Å². The topological polar surface area (TPSA) is 74.8 Å². The molecule has 7 nitrogen and oxygen atoms in total. The molecule has 2 amide bonds. The van der Waals surface area contributed by atoms with Crippen LogP contribution in [0.1, 0.15) is 40.0 Å². The number of piperidine rings is 1. The minimum Gasteiger partial charge on any atom is -0.444 e. The first-order valence-electron chi connectivity index (χ1n) is 9.75. The molecular weight excluding hydrogens is 344 g/mol. The summed E-state index contributed by atoms with van der Waals surface area (Å²) in [5.41, 5.74) is 0.508. The zero-order valence-corrected chi connectivity index (χ0v) is 16.5. The predicted molar refractivity (Wildman–Crippen MR) is 103 cm³/mol. The summed E-state index contributed by atoms with van der Waals surface area (Å²) in [6, 6.07) is 4.28. The van der Waals surface area contributed by atoms with Crippen molar-refractivity contribution in [2.24, 2.45) is 5.92 Å². The van der Waals surface area contributed by atoms with Gasteiger partial charge in [0.1, 0.15) is 5.60 Å². The van der Waals surface area contributed by atoms with Crippen molar-refractivity contribution in [3.8, 4) is 0 Å². The zero-order chi connectivity index (χ0) is 19.4.